The van der Waals surface area contributed by atoms with Gasteiger partial charge in [0.25, 0.3) is 0 Å². The summed E-state index contributed by atoms with van der Waals surface area (Å²) < 4.78 is 3.79. The van der Waals surface area contributed by atoms with E-state index in [0.717, 1.165) is 40.8 Å². The van der Waals surface area contributed by atoms with Crippen molar-refractivity contribution in [2.75, 3.05) is 26.7 Å². The summed E-state index contributed by atoms with van der Waals surface area (Å²) in [7, 11) is 2.24. The molecule has 1 fully saturated rings. The number of hydrogen-bond acceptors (Lipinski definition) is 4. The van der Waals surface area contributed by atoms with Crippen LogP contribution >= 0.6 is 27.9 Å². The molecular weight excluding hydrogens is 660 g/mol. The number of carbonyl (C=O) groups is 1. The number of aldehydes is 1. The summed E-state index contributed by atoms with van der Waals surface area (Å²) >= 11 is 5.59. The lowest BCUT2D eigenvalue weighted by molar-refractivity contribution is -0.106. The predicted octanol–water partition coefficient (Wildman–Crippen LogP) is 12.6. The number of rotatable bonds is 14. The van der Waals surface area contributed by atoms with Crippen LogP contribution in [0.25, 0.3) is 0 Å². The van der Waals surface area contributed by atoms with Gasteiger partial charge >= 0.3 is 0 Å². The molecule has 5 heteroatoms. The van der Waals surface area contributed by atoms with Crippen LogP contribution in [0.15, 0.2) is 65.2 Å². The molecule has 1 aromatic carbocycles. The lowest BCUT2D eigenvalue weighted by Gasteiger charge is -2.31. The van der Waals surface area contributed by atoms with Gasteiger partial charge in [-0.1, -0.05) is 124 Å². The minimum atomic E-state index is 0.525. The zero-order chi connectivity index (χ0) is 36.1. The van der Waals surface area contributed by atoms with Crippen molar-refractivity contribution in [3.63, 3.8) is 0 Å². The molecule has 1 aromatic rings. The summed E-state index contributed by atoms with van der Waals surface area (Å²) in [6.07, 6.45) is 30.7. The van der Waals surface area contributed by atoms with Gasteiger partial charge in [-0.3, -0.25) is 0 Å². The first-order valence-electron chi connectivity index (χ1n) is 18.0. The molecule has 3 atom stereocenters. The molecule has 1 saturated heterocycles. The van der Waals surface area contributed by atoms with Crippen molar-refractivity contribution in [1.29, 1.82) is 0 Å². The highest BCUT2D eigenvalue weighted by atomic mass is 79.9. The maximum absolute atomic E-state index is 8.81. The van der Waals surface area contributed by atoms with Gasteiger partial charge in [-0.05, 0) is 114 Å². The number of nitrogens with zero attached hydrogens (tertiary/aromatic N) is 2. The zero-order valence-corrected chi connectivity index (χ0v) is 34.2. The van der Waals surface area contributed by atoms with Crippen LogP contribution in [-0.4, -0.2) is 47.4 Å². The molecule has 0 spiro atoms. The van der Waals surface area contributed by atoms with Gasteiger partial charge < -0.3 is 9.69 Å². The van der Waals surface area contributed by atoms with E-state index in [-0.39, 0.29) is 0 Å². The summed E-state index contributed by atoms with van der Waals surface area (Å²) in [6, 6.07) is 8.67. The average molecular weight is 732 g/mol. The van der Waals surface area contributed by atoms with Gasteiger partial charge in [0.15, 0.2) is 0 Å². The predicted molar refractivity (Wildman–Crippen MR) is 218 cm³/mol. The Morgan fingerprint density at radius 2 is 1.66 bits per heavy atom. The second kappa shape index (κ2) is 30.5. The number of halogens is 1. The van der Waals surface area contributed by atoms with Crippen molar-refractivity contribution in [3.8, 4) is 12.8 Å². The van der Waals surface area contributed by atoms with Crippen molar-refractivity contribution in [2.24, 2.45) is 17.3 Å². The lowest BCUT2D eigenvalue weighted by Crippen LogP contribution is -2.26. The van der Waals surface area contributed by atoms with Crippen LogP contribution in [0.3, 0.4) is 0 Å². The number of benzene rings is 1. The SMILES string of the molecule is C#C.C/C=C(\C)C1CN(SC2C=CCCC2)C[C@@H]1CC.C=CCC.CC=O.CCCC(C)(CCC)CCN(C)Cc1ccc(Br)cc1. The topological polar surface area (TPSA) is 23.6 Å². The summed E-state index contributed by atoms with van der Waals surface area (Å²) in [4.78, 5) is 11.3. The fourth-order valence-corrected chi connectivity index (χ4v) is 7.77. The largest absolute Gasteiger partial charge is 0.304 e. The fourth-order valence-electron chi connectivity index (χ4n) is 6.15. The first kappa shape index (κ1) is 47.5. The van der Waals surface area contributed by atoms with Crippen molar-refractivity contribution < 1.29 is 4.79 Å². The van der Waals surface area contributed by atoms with E-state index in [1.54, 1.807) is 5.57 Å². The van der Waals surface area contributed by atoms with Gasteiger partial charge in [-0.25, -0.2) is 4.31 Å². The van der Waals surface area contributed by atoms with E-state index in [9.17, 15) is 0 Å². The van der Waals surface area contributed by atoms with E-state index in [4.69, 9.17) is 4.79 Å². The van der Waals surface area contributed by atoms with Gasteiger partial charge in [0, 0.05) is 29.4 Å². The summed E-state index contributed by atoms with van der Waals surface area (Å²) in [5.41, 5.74) is 3.50. The second-order valence-corrected chi connectivity index (χ2v) is 15.3. The molecule has 0 radical (unpaired) electrons. The second-order valence-electron chi connectivity index (χ2n) is 13.0. The van der Waals surface area contributed by atoms with Crippen molar-refractivity contribution in [1.82, 2.24) is 9.21 Å². The molecule has 47 heavy (non-hydrogen) atoms. The van der Waals surface area contributed by atoms with E-state index >= 15 is 0 Å². The number of allylic oxidation sites excluding steroid dienone is 3. The Hall–Kier alpha value is -1.58. The van der Waals surface area contributed by atoms with Crippen molar-refractivity contribution >= 4 is 34.2 Å². The van der Waals surface area contributed by atoms with E-state index in [1.165, 1.54) is 89.9 Å². The summed E-state index contributed by atoms with van der Waals surface area (Å²) in [6.45, 7) is 25.7. The summed E-state index contributed by atoms with van der Waals surface area (Å²) in [5.74, 6) is 1.65. The maximum atomic E-state index is 8.81. The van der Waals surface area contributed by atoms with Crippen LogP contribution in [0.4, 0.5) is 0 Å². The standard InChI is InChI=1S/C18H30BrN.C16H27NS.C4H8.C2H4O.C2H2/c1-5-11-18(3,12-6-2)13-14-20(4)15-16-7-9-17(19)10-8-16;1-4-13(3)16-12-17(11-14(16)5-2)18-15-9-7-6-8-10-15;1-3-4-2;1-2-3;1-2/h7-10H,5-6,11-15H2,1-4H3;4,7,9,14-16H,5-6,8,10-12H2,1-3H3;3H,1,4H2,2H3;2H,1H3;1-2H/b;13-4+;;;/t;14-,15?,16?;;;/m.0.../s1. The highest BCUT2D eigenvalue weighted by Crippen LogP contribution is 2.38. The molecule has 0 saturated carbocycles. The number of terminal acetylenes is 1. The molecule has 0 amide bonds. The Morgan fingerprint density at radius 3 is 2.11 bits per heavy atom. The first-order valence-corrected chi connectivity index (χ1v) is 19.7. The van der Waals surface area contributed by atoms with Gasteiger partial charge in [0.05, 0.1) is 0 Å². The Bertz CT molecular complexity index is 980. The van der Waals surface area contributed by atoms with Crippen LogP contribution in [0.2, 0.25) is 0 Å². The minimum absolute atomic E-state index is 0.525. The van der Waals surface area contributed by atoms with Crippen molar-refractivity contribution in [3.05, 3.63) is 70.8 Å². The third-order valence-corrected chi connectivity index (χ3v) is 10.7. The molecular formula is C42H71BrN2OS. The molecule has 1 aliphatic carbocycles. The number of hydrogen-bond donors (Lipinski definition) is 0. The average Bonchev–Trinajstić information content (AvgIpc) is 3.49. The van der Waals surface area contributed by atoms with E-state index in [1.807, 2.05) is 6.08 Å². The summed E-state index contributed by atoms with van der Waals surface area (Å²) in [5, 5.41) is 0.737. The molecule has 0 bridgehead atoms. The van der Waals surface area contributed by atoms with Gasteiger partial charge in [-0.15, -0.1) is 19.4 Å². The van der Waals surface area contributed by atoms with Gasteiger partial charge in [-0.2, -0.15) is 0 Å². The molecule has 1 heterocycles. The Morgan fingerprint density at radius 1 is 1.09 bits per heavy atom. The normalized spacial score (nSPS) is 19.1. The van der Waals surface area contributed by atoms with E-state index in [2.05, 4.69) is 155 Å². The molecule has 3 nitrogen and oxygen atoms in total. The molecule has 0 aromatic heterocycles. The molecule has 1 aliphatic heterocycles. The van der Waals surface area contributed by atoms with Crippen LogP contribution < -0.4 is 0 Å². The molecule has 2 unspecified atom stereocenters. The number of carbonyl (C=O) groups excluding carboxylic acids is 1. The van der Waals surface area contributed by atoms with E-state index < -0.39 is 0 Å². The highest BCUT2D eigenvalue weighted by Gasteiger charge is 2.33. The Kier molecular flexibility index (Phi) is 30.8. The smallest absolute Gasteiger partial charge is 0.116 e. The highest BCUT2D eigenvalue weighted by molar-refractivity contribution is 9.10. The lowest BCUT2D eigenvalue weighted by atomic mass is 9.78. The Labute approximate surface area is 305 Å². The van der Waals surface area contributed by atoms with Crippen LogP contribution in [-0.2, 0) is 11.3 Å². The molecule has 268 valence electrons. The third-order valence-electron chi connectivity index (χ3n) is 8.93. The van der Waals surface area contributed by atoms with E-state index in [0.29, 0.717) is 5.41 Å². The fraction of sp³-hybridized carbons (Fsp3) is 0.643. The zero-order valence-electron chi connectivity index (χ0n) is 31.8. The van der Waals surface area contributed by atoms with Crippen molar-refractivity contribution in [2.45, 2.75) is 131 Å². The maximum Gasteiger partial charge on any atom is 0.116 e. The van der Waals surface area contributed by atoms with Crippen LogP contribution in [0.1, 0.15) is 125 Å². The van der Waals surface area contributed by atoms with Crippen LogP contribution in [0.5, 0.6) is 0 Å². The van der Waals surface area contributed by atoms with Crippen LogP contribution in [0, 0.1) is 30.1 Å². The van der Waals surface area contributed by atoms with Gasteiger partial charge in [0.2, 0.25) is 0 Å². The van der Waals surface area contributed by atoms with Gasteiger partial charge in [0.1, 0.15) is 6.29 Å². The Balaban J connectivity index is 0. The minimum Gasteiger partial charge on any atom is -0.304 e. The third kappa shape index (κ3) is 22.6. The first-order chi connectivity index (χ1) is 22.6. The molecule has 3 rings (SSSR count). The quantitative estimate of drug-likeness (QED) is 0.0823. The molecule has 0 N–H and O–H groups in total. The monoisotopic (exact) mass is 730 g/mol. The molecule has 2 aliphatic rings.